The summed E-state index contributed by atoms with van der Waals surface area (Å²) in [7, 11) is 0. The Morgan fingerprint density at radius 1 is 1.35 bits per heavy atom. The van der Waals surface area contributed by atoms with Crippen molar-refractivity contribution >= 4 is 17.5 Å². The van der Waals surface area contributed by atoms with Crippen LogP contribution in [0.5, 0.6) is 0 Å². The maximum absolute atomic E-state index is 13.4. The van der Waals surface area contributed by atoms with Gasteiger partial charge < -0.3 is 5.32 Å². The fourth-order valence-corrected chi connectivity index (χ4v) is 1.74. The summed E-state index contributed by atoms with van der Waals surface area (Å²) in [5.41, 5.74) is -0.303. The molecular formula is C12H12ClF2NO. The lowest BCUT2D eigenvalue weighted by molar-refractivity contribution is 0.0948. The van der Waals surface area contributed by atoms with Gasteiger partial charge in [0.25, 0.3) is 5.91 Å². The minimum Gasteiger partial charge on any atom is -0.352 e. The molecule has 0 bridgehead atoms. The van der Waals surface area contributed by atoms with Crippen molar-refractivity contribution in [2.24, 2.45) is 5.92 Å². The van der Waals surface area contributed by atoms with Crippen LogP contribution >= 0.6 is 11.6 Å². The Bertz CT molecular complexity index is 446. The summed E-state index contributed by atoms with van der Waals surface area (Å²) in [4.78, 5) is 11.6. The van der Waals surface area contributed by atoms with Gasteiger partial charge in [-0.25, -0.2) is 8.78 Å². The van der Waals surface area contributed by atoms with E-state index in [1.54, 1.807) is 0 Å². The first-order valence-corrected chi connectivity index (χ1v) is 5.88. The average Bonchev–Trinajstić information content (AvgIpc) is 3.07. The van der Waals surface area contributed by atoms with Gasteiger partial charge >= 0.3 is 0 Å². The topological polar surface area (TPSA) is 29.1 Å². The molecule has 0 heterocycles. The average molecular weight is 260 g/mol. The van der Waals surface area contributed by atoms with Gasteiger partial charge in [0, 0.05) is 6.54 Å². The molecule has 0 aromatic heterocycles. The Morgan fingerprint density at radius 2 is 2.06 bits per heavy atom. The van der Waals surface area contributed by atoms with E-state index in [4.69, 9.17) is 11.6 Å². The number of hydrogen-bond acceptors (Lipinski definition) is 1. The minimum atomic E-state index is -0.805. The molecule has 0 radical (unpaired) electrons. The monoisotopic (exact) mass is 259 g/mol. The van der Waals surface area contributed by atoms with Gasteiger partial charge in [0.1, 0.15) is 11.6 Å². The largest absolute Gasteiger partial charge is 0.352 e. The quantitative estimate of drug-likeness (QED) is 0.827. The van der Waals surface area contributed by atoms with E-state index in [9.17, 15) is 13.6 Å². The minimum absolute atomic E-state index is 0.303. The van der Waals surface area contributed by atoms with Gasteiger partial charge in [-0.1, -0.05) is 24.4 Å². The summed E-state index contributed by atoms with van der Waals surface area (Å²) in [5.74, 6) is -1.51. The molecule has 1 aromatic carbocycles. The second kappa shape index (κ2) is 5.00. The van der Waals surface area contributed by atoms with Gasteiger partial charge in [0.15, 0.2) is 0 Å². The van der Waals surface area contributed by atoms with Crippen molar-refractivity contribution in [2.75, 3.05) is 6.54 Å². The molecule has 5 heteroatoms. The molecule has 1 aliphatic rings. The molecule has 0 aliphatic heterocycles. The second-order valence-corrected chi connectivity index (χ2v) is 4.64. The number of carbonyl (C=O) groups excluding carboxylic acids is 1. The number of hydrogen-bond donors (Lipinski definition) is 1. The van der Waals surface area contributed by atoms with Crippen LogP contribution in [0.2, 0.25) is 5.02 Å². The highest BCUT2D eigenvalue weighted by Gasteiger charge is 2.21. The van der Waals surface area contributed by atoms with Crippen LogP contribution in [0.3, 0.4) is 0 Å². The van der Waals surface area contributed by atoms with E-state index in [1.807, 2.05) is 0 Å². The number of halogens is 3. The number of rotatable bonds is 4. The van der Waals surface area contributed by atoms with Crippen LogP contribution in [0.15, 0.2) is 12.1 Å². The van der Waals surface area contributed by atoms with E-state index in [0.29, 0.717) is 12.5 Å². The van der Waals surface area contributed by atoms with E-state index >= 15 is 0 Å². The van der Waals surface area contributed by atoms with E-state index in [1.165, 1.54) is 12.8 Å². The van der Waals surface area contributed by atoms with Crippen LogP contribution in [0.1, 0.15) is 29.6 Å². The summed E-state index contributed by atoms with van der Waals surface area (Å²) >= 11 is 5.40. The third-order valence-electron chi connectivity index (χ3n) is 2.79. The van der Waals surface area contributed by atoms with Crippen molar-refractivity contribution in [1.29, 1.82) is 0 Å². The zero-order valence-corrected chi connectivity index (χ0v) is 9.86. The zero-order valence-electron chi connectivity index (χ0n) is 9.10. The van der Waals surface area contributed by atoms with Crippen LogP contribution in [0.4, 0.5) is 8.78 Å². The third-order valence-corrected chi connectivity index (χ3v) is 3.08. The van der Waals surface area contributed by atoms with Crippen molar-refractivity contribution in [2.45, 2.75) is 19.3 Å². The molecular weight excluding hydrogens is 248 g/mol. The Morgan fingerprint density at radius 3 is 2.71 bits per heavy atom. The Labute approximate surface area is 103 Å². The maximum atomic E-state index is 13.4. The van der Waals surface area contributed by atoms with Gasteiger partial charge in [-0.3, -0.25) is 4.79 Å². The van der Waals surface area contributed by atoms with Crippen LogP contribution < -0.4 is 5.32 Å². The van der Waals surface area contributed by atoms with Crippen LogP contribution in [-0.2, 0) is 0 Å². The first kappa shape index (κ1) is 12.3. The summed E-state index contributed by atoms with van der Waals surface area (Å²) in [6, 6.07) is 1.64. The molecule has 0 saturated heterocycles. The number of carbonyl (C=O) groups is 1. The fraction of sp³-hybridized carbons (Fsp3) is 0.417. The zero-order chi connectivity index (χ0) is 12.4. The highest BCUT2D eigenvalue weighted by molar-refractivity contribution is 6.30. The number of nitrogens with one attached hydrogen (secondary N) is 1. The standard InChI is InChI=1S/C12H12ClF2NO/c13-9-6-10(14)8(5-11(9)15)12(17)16-4-3-7-1-2-7/h5-7H,1-4H2,(H,16,17). The van der Waals surface area contributed by atoms with Crippen LogP contribution in [-0.4, -0.2) is 12.5 Å². The SMILES string of the molecule is O=C(NCCC1CC1)c1cc(F)c(Cl)cc1F. The molecule has 1 amide bonds. The van der Waals surface area contributed by atoms with Crippen molar-refractivity contribution in [3.8, 4) is 0 Å². The smallest absolute Gasteiger partial charge is 0.254 e. The van der Waals surface area contributed by atoms with Crippen molar-refractivity contribution in [1.82, 2.24) is 5.32 Å². The highest BCUT2D eigenvalue weighted by Crippen LogP contribution is 2.31. The lowest BCUT2D eigenvalue weighted by Crippen LogP contribution is -2.25. The van der Waals surface area contributed by atoms with Crippen LogP contribution in [0, 0.1) is 17.6 Å². The second-order valence-electron chi connectivity index (χ2n) is 4.23. The van der Waals surface area contributed by atoms with Gasteiger partial charge in [-0.2, -0.15) is 0 Å². The van der Waals surface area contributed by atoms with Gasteiger partial charge in [0.2, 0.25) is 0 Å². The van der Waals surface area contributed by atoms with Crippen molar-refractivity contribution in [3.63, 3.8) is 0 Å². The molecule has 0 atom stereocenters. The molecule has 1 fully saturated rings. The fourth-order valence-electron chi connectivity index (χ4n) is 1.59. The molecule has 1 saturated carbocycles. The Balaban J connectivity index is 1.99. The summed E-state index contributed by atoms with van der Waals surface area (Å²) < 4.78 is 26.5. The summed E-state index contributed by atoms with van der Waals surface area (Å²) in [5, 5.41) is 2.25. The molecule has 0 unspecified atom stereocenters. The van der Waals surface area contributed by atoms with E-state index in [0.717, 1.165) is 18.6 Å². The van der Waals surface area contributed by atoms with E-state index < -0.39 is 17.5 Å². The van der Waals surface area contributed by atoms with Crippen molar-refractivity contribution < 1.29 is 13.6 Å². The molecule has 1 aliphatic carbocycles. The predicted molar refractivity (Wildman–Crippen MR) is 61.0 cm³/mol. The Kier molecular flexibility index (Phi) is 3.62. The van der Waals surface area contributed by atoms with Crippen LogP contribution in [0.25, 0.3) is 0 Å². The molecule has 1 aromatic rings. The lowest BCUT2D eigenvalue weighted by Gasteiger charge is -2.06. The molecule has 17 heavy (non-hydrogen) atoms. The van der Waals surface area contributed by atoms with Crippen molar-refractivity contribution in [3.05, 3.63) is 34.4 Å². The molecule has 2 rings (SSSR count). The van der Waals surface area contributed by atoms with Gasteiger partial charge in [-0.05, 0) is 24.5 Å². The summed E-state index contributed by atoms with van der Waals surface area (Å²) in [6.07, 6.45) is 3.28. The molecule has 2 nitrogen and oxygen atoms in total. The first-order valence-electron chi connectivity index (χ1n) is 5.50. The maximum Gasteiger partial charge on any atom is 0.254 e. The number of benzene rings is 1. The molecule has 92 valence electrons. The van der Waals surface area contributed by atoms with Gasteiger partial charge in [-0.15, -0.1) is 0 Å². The number of amides is 1. The predicted octanol–water partition coefficient (Wildman–Crippen LogP) is 3.15. The first-order chi connectivity index (χ1) is 8.08. The highest BCUT2D eigenvalue weighted by atomic mass is 35.5. The molecule has 0 spiro atoms. The van der Waals surface area contributed by atoms with E-state index in [-0.39, 0.29) is 10.6 Å². The molecule has 1 N–H and O–H groups in total. The van der Waals surface area contributed by atoms with Gasteiger partial charge in [0.05, 0.1) is 10.6 Å². The third kappa shape index (κ3) is 3.16. The Hall–Kier alpha value is -1.16. The lowest BCUT2D eigenvalue weighted by atomic mass is 10.2. The normalized spacial score (nSPS) is 14.8. The van der Waals surface area contributed by atoms with E-state index in [2.05, 4.69) is 5.32 Å². The summed E-state index contributed by atoms with van der Waals surface area (Å²) in [6.45, 7) is 0.493.